The Bertz CT molecular complexity index is 865. The van der Waals surface area contributed by atoms with Crippen molar-refractivity contribution in [2.45, 2.75) is 0 Å². The van der Waals surface area contributed by atoms with Crippen molar-refractivity contribution < 1.29 is 4.42 Å². The molecule has 0 saturated carbocycles. The number of hydrogen-bond acceptors (Lipinski definition) is 5. The van der Waals surface area contributed by atoms with Crippen molar-refractivity contribution in [1.29, 1.82) is 0 Å². The number of nitrogens with one attached hydrogen (secondary N) is 3. The summed E-state index contributed by atoms with van der Waals surface area (Å²) in [6, 6.07) is 0. The van der Waals surface area contributed by atoms with E-state index in [0.717, 1.165) is 6.39 Å². The van der Waals surface area contributed by atoms with Crippen molar-refractivity contribution in [2.75, 3.05) is 0 Å². The summed E-state index contributed by atoms with van der Waals surface area (Å²) < 4.78 is 4.96. The number of aromatic amines is 3. The van der Waals surface area contributed by atoms with Crippen LogP contribution in [0, 0.1) is 0 Å². The van der Waals surface area contributed by atoms with Crippen LogP contribution in [-0.2, 0) is 0 Å². The van der Waals surface area contributed by atoms with Gasteiger partial charge in [0.05, 0.1) is 0 Å². The van der Waals surface area contributed by atoms with Crippen LogP contribution in [0.25, 0.3) is 22.1 Å². The van der Waals surface area contributed by atoms with E-state index in [0.29, 0.717) is 0 Å². The number of rotatable bonds is 0. The summed E-state index contributed by atoms with van der Waals surface area (Å²) in [5.41, 5.74) is -1.79. The minimum atomic E-state index is -0.702. The van der Waals surface area contributed by atoms with E-state index in [2.05, 4.69) is 15.0 Å². The van der Waals surface area contributed by atoms with Crippen LogP contribution in [0.2, 0.25) is 0 Å². The van der Waals surface area contributed by atoms with E-state index in [4.69, 9.17) is 4.42 Å². The standard InChI is InChI=1S/C8H4N4O4/c13-6-2-4-3(9-1-16-4)7(14)10-5(2)11-8(15)12-6/h1H,(H3,10,11,12,13,14,15). The SMILES string of the molecule is O=c1[nH]c(=O)c2c([nH]1)[nH]c(=O)c1ncoc12. The molecule has 8 nitrogen and oxygen atoms in total. The van der Waals surface area contributed by atoms with Crippen LogP contribution in [0.4, 0.5) is 0 Å². The van der Waals surface area contributed by atoms with Crippen molar-refractivity contribution in [2.24, 2.45) is 0 Å². The number of nitrogens with zero attached hydrogens (tertiary/aromatic N) is 1. The molecular weight excluding hydrogens is 216 g/mol. The lowest BCUT2D eigenvalue weighted by molar-refractivity contribution is 0.604. The van der Waals surface area contributed by atoms with E-state index >= 15 is 0 Å². The van der Waals surface area contributed by atoms with Crippen LogP contribution >= 0.6 is 0 Å². The molecule has 0 amide bonds. The van der Waals surface area contributed by atoms with Crippen LogP contribution in [-0.4, -0.2) is 19.9 Å². The fourth-order valence-corrected chi connectivity index (χ4v) is 1.55. The molecule has 8 heteroatoms. The van der Waals surface area contributed by atoms with Crippen molar-refractivity contribution >= 4 is 22.1 Å². The summed E-state index contributed by atoms with van der Waals surface area (Å²) in [4.78, 5) is 44.4. The van der Waals surface area contributed by atoms with E-state index in [9.17, 15) is 14.4 Å². The minimum absolute atomic E-state index is 0.0167. The van der Waals surface area contributed by atoms with Gasteiger partial charge in [-0.25, -0.2) is 9.78 Å². The zero-order valence-corrected chi connectivity index (χ0v) is 7.66. The Morgan fingerprint density at radius 2 is 1.88 bits per heavy atom. The Hall–Kier alpha value is -2.64. The summed E-state index contributed by atoms with van der Waals surface area (Å²) in [6.07, 6.45) is 1.06. The lowest BCUT2D eigenvalue weighted by Gasteiger charge is -1.95. The Balaban J connectivity index is 2.81. The van der Waals surface area contributed by atoms with Crippen molar-refractivity contribution in [1.82, 2.24) is 19.9 Å². The quantitative estimate of drug-likeness (QED) is 0.450. The average Bonchev–Trinajstić information content (AvgIpc) is 2.65. The maximum Gasteiger partial charge on any atom is 0.327 e. The van der Waals surface area contributed by atoms with Gasteiger partial charge in [0.1, 0.15) is 11.0 Å². The second kappa shape index (κ2) is 2.69. The molecule has 0 aliphatic carbocycles. The number of H-pyrrole nitrogens is 3. The van der Waals surface area contributed by atoms with Gasteiger partial charge >= 0.3 is 5.69 Å². The van der Waals surface area contributed by atoms with Crippen LogP contribution in [0.15, 0.2) is 25.2 Å². The van der Waals surface area contributed by atoms with Gasteiger partial charge in [-0.1, -0.05) is 0 Å². The smallest absolute Gasteiger partial charge is 0.327 e. The third kappa shape index (κ3) is 0.975. The molecule has 0 saturated heterocycles. The zero-order chi connectivity index (χ0) is 11.3. The molecule has 0 atom stereocenters. The molecular formula is C8H4N4O4. The highest BCUT2D eigenvalue weighted by Crippen LogP contribution is 2.13. The predicted molar refractivity (Wildman–Crippen MR) is 53.4 cm³/mol. The summed E-state index contributed by atoms with van der Waals surface area (Å²) in [5.74, 6) is 0. The highest BCUT2D eigenvalue weighted by atomic mass is 16.3. The molecule has 0 fully saturated rings. The Labute approximate surface area is 85.0 Å². The second-order valence-corrected chi connectivity index (χ2v) is 3.14. The zero-order valence-electron chi connectivity index (χ0n) is 7.66. The van der Waals surface area contributed by atoms with Gasteiger partial charge < -0.3 is 9.40 Å². The third-order valence-corrected chi connectivity index (χ3v) is 2.19. The summed E-state index contributed by atoms with van der Waals surface area (Å²) in [7, 11) is 0. The van der Waals surface area contributed by atoms with E-state index in [1.54, 1.807) is 0 Å². The van der Waals surface area contributed by atoms with Crippen LogP contribution in [0.5, 0.6) is 0 Å². The maximum absolute atomic E-state index is 11.5. The molecule has 3 rings (SSSR count). The first-order valence-corrected chi connectivity index (χ1v) is 4.28. The van der Waals surface area contributed by atoms with Crippen LogP contribution < -0.4 is 16.8 Å². The average molecular weight is 220 g/mol. The molecule has 0 unspecified atom stereocenters. The second-order valence-electron chi connectivity index (χ2n) is 3.14. The minimum Gasteiger partial charge on any atom is -0.442 e. The van der Waals surface area contributed by atoms with Gasteiger partial charge in [0, 0.05) is 0 Å². The number of pyridine rings is 1. The molecule has 3 aromatic heterocycles. The lowest BCUT2D eigenvalue weighted by Crippen LogP contribution is -2.24. The van der Waals surface area contributed by atoms with E-state index in [1.807, 2.05) is 4.98 Å². The number of aromatic nitrogens is 4. The molecule has 80 valence electrons. The molecule has 0 radical (unpaired) electrons. The Morgan fingerprint density at radius 3 is 2.69 bits per heavy atom. The van der Waals surface area contributed by atoms with Crippen molar-refractivity contribution in [3.05, 3.63) is 37.6 Å². The molecule has 3 aromatic rings. The van der Waals surface area contributed by atoms with E-state index in [1.165, 1.54) is 0 Å². The van der Waals surface area contributed by atoms with Gasteiger partial charge in [-0.3, -0.25) is 19.6 Å². The van der Waals surface area contributed by atoms with Crippen molar-refractivity contribution in [3.8, 4) is 0 Å². The fraction of sp³-hybridized carbons (Fsp3) is 0. The Kier molecular flexibility index (Phi) is 1.45. The molecule has 0 bridgehead atoms. The van der Waals surface area contributed by atoms with Crippen LogP contribution in [0.1, 0.15) is 0 Å². The van der Waals surface area contributed by atoms with Gasteiger partial charge in [-0.15, -0.1) is 0 Å². The summed E-state index contributed by atoms with van der Waals surface area (Å²) in [6.45, 7) is 0. The largest absolute Gasteiger partial charge is 0.442 e. The molecule has 0 aliphatic heterocycles. The van der Waals surface area contributed by atoms with Gasteiger partial charge in [0.25, 0.3) is 11.1 Å². The van der Waals surface area contributed by atoms with E-state index in [-0.39, 0.29) is 22.1 Å². The number of fused-ring (bicyclic) bond motifs is 3. The first kappa shape index (κ1) is 8.65. The van der Waals surface area contributed by atoms with Gasteiger partial charge in [-0.05, 0) is 0 Å². The summed E-state index contributed by atoms with van der Waals surface area (Å²) in [5, 5.41) is 0.0618. The molecule has 16 heavy (non-hydrogen) atoms. The van der Waals surface area contributed by atoms with Gasteiger partial charge in [-0.2, -0.15) is 0 Å². The van der Waals surface area contributed by atoms with E-state index < -0.39 is 16.8 Å². The molecule has 0 aliphatic rings. The predicted octanol–water partition coefficient (Wildman–Crippen LogP) is -0.954. The molecule has 0 aromatic carbocycles. The first-order valence-electron chi connectivity index (χ1n) is 4.28. The normalized spacial score (nSPS) is 11.2. The molecule has 3 heterocycles. The highest BCUT2D eigenvalue weighted by Gasteiger charge is 2.13. The molecule has 3 N–H and O–H groups in total. The highest BCUT2D eigenvalue weighted by molar-refractivity contribution is 5.97. The first-order chi connectivity index (χ1) is 7.66. The van der Waals surface area contributed by atoms with Gasteiger partial charge in [0.2, 0.25) is 0 Å². The van der Waals surface area contributed by atoms with Crippen LogP contribution in [0.3, 0.4) is 0 Å². The maximum atomic E-state index is 11.5. The Morgan fingerprint density at radius 1 is 1.06 bits per heavy atom. The van der Waals surface area contributed by atoms with Crippen molar-refractivity contribution in [3.63, 3.8) is 0 Å². The lowest BCUT2D eigenvalue weighted by atomic mass is 10.3. The monoisotopic (exact) mass is 220 g/mol. The summed E-state index contributed by atoms with van der Waals surface area (Å²) >= 11 is 0. The number of hydrogen-bond donors (Lipinski definition) is 3. The van der Waals surface area contributed by atoms with Gasteiger partial charge in [0.15, 0.2) is 17.5 Å². The topological polar surface area (TPSA) is 125 Å². The fourth-order valence-electron chi connectivity index (χ4n) is 1.55. The number of oxazole rings is 1. The molecule has 0 spiro atoms. The third-order valence-electron chi connectivity index (χ3n) is 2.19.